The van der Waals surface area contributed by atoms with E-state index >= 15 is 0 Å². The largest absolute Gasteiger partial charge is 0.418 e. The number of hydrogen-bond donors (Lipinski definition) is 2. The first kappa shape index (κ1) is 21.9. The summed E-state index contributed by atoms with van der Waals surface area (Å²) in [6, 6.07) is 9.36. The van der Waals surface area contributed by atoms with Gasteiger partial charge in [-0.05, 0) is 43.2 Å². The minimum Gasteiger partial charge on any atom is -0.368 e. The molecular weight excluding hydrogens is 443 g/mol. The topological polar surface area (TPSA) is 108 Å². The van der Waals surface area contributed by atoms with Gasteiger partial charge in [0, 0.05) is 42.8 Å². The van der Waals surface area contributed by atoms with Gasteiger partial charge in [-0.15, -0.1) is 0 Å². The molecule has 172 valence electrons. The molecule has 34 heavy (non-hydrogen) atoms. The van der Waals surface area contributed by atoms with E-state index in [1.165, 1.54) is 18.3 Å². The summed E-state index contributed by atoms with van der Waals surface area (Å²) in [5.41, 5.74) is 8.29. The molecule has 1 saturated heterocycles. The Morgan fingerprint density at radius 3 is 2.71 bits per heavy atom. The molecule has 10 heteroatoms. The summed E-state index contributed by atoms with van der Waals surface area (Å²) in [5, 5.41) is 9.30. The number of rotatable bonds is 3. The Morgan fingerprint density at radius 1 is 1.21 bits per heavy atom. The highest BCUT2D eigenvalue weighted by atomic mass is 19.4. The molecule has 3 aromatic heterocycles. The van der Waals surface area contributed by atoms with Crippen LogP contribution in [0.25, 0.3) is 33.5 Å². The lowest BCUT2D eigenvalue weighted by Gasteiger charge is -2.26. The molecule has 1 aliphatic heterocycles. The van der Waals surface area contributed by atoms with Crippen LogP contribution in [0.3, 0.4) is 0 Å². The number of nitrogens with zero attached hydrogens (tertiary/aromatic N) is 5. The van der Waals surface area contributed by atoms with Crippen LogP contribution < -0.4 is 10.6 Å². The predicted octanol–water partition coefficient (Wildman–Crippen LogP) is 4.50. The maximum atomic E-state index is 13.6. The summed E-state index contributed by atoms with van der Waals surface area (Å²) in [7, 11) is 0. The van der Waals surface area contributed by atoms with Gasteiger partial charge in [-0.2, -0.15) is 18.4 Å². The van der Waals surface area contributed by atoms with Gasteiger partial charge in [-0.3, -0.25) is 4.98 Å². The molecular formula is C24H20F3N7. The number of para-hydroxylation sites is 1. The number of halogens is 3. The van der Waals surface area contributed by atoms with Gasteiger partial charge in [-0.25, -0.2) is 9.97 Å². The van der Waals surface area contributed by atoms with Gasteiger partial charge in [0.15, 0.2) is 0 Å². The Bertz CT molecular complexity index is 1430. The molecule has 1 aliphatic rings. The molecule has 0 bridgehead atoms. The maximum absolute atomic E-state index is 13.6. The summed E-state index contributed by atoms with van der Waals surface area (Å²) in [6.07, 6.45) is 1.02. The number of hydrogen-bond acceptors (Lipinski definition) is 6. The SMILES string of the molecule is C[C@]1(N)CCN(c2c(-c3ccnc(C#N)c3)cncc2-c2nc3cccc(C(F)(F)F)c3[nH]2)C1. The second kappa shape index (κ2) is 7.81. The van der Waals surface area contributed by atoms with E-state index in [9.17, 15) is 18.4 Å². The van der Waals surface area contributed by atoms with Crippen LogP contribution in [-0.2, 0) is 6.18 Å². The number of nitrogens with two attached hydrogens (primary N) is 1. The minimum atomic E-state index is -4.52. The number of H-pyrrole nitrogens is 1. The van der Waals surface area contributed by atoms with Crippen molar-refractivity contribution < 1.29 is 13.2 Å². The molecule has 0 amide bonds. The first-order chi connectivity index (χ1) is 16.2. The van der Waals surface area contributed by atoms with Crippen LogP contribution in [0.4, 0.5) is 18.9 Å². The fourth-order valence-electron chi connectivity index (χ4n) is 4.41. The Hall–Kier alpha value is -3.97. The minimum absolute atomic E-state index is 0.0814. The van der Waals surface area contributed by atoms with E-state index < -0.39 is 17.3 Å². The number of nitriles is 1. The first-order valence-corrected chi connectivity index (χ1v) is 10.6. The zero-order valence-corrected chi connectivity index (χ0v) is 18.2. The molecule has 7 nitrogen and oxygen atoms in total. The van der Waals surface area contributed by atoms with E-state index in [1.807, 2.05) is 13.0 Å². The van der Waals surface area contributed by atoms with Crippen molar-refractivity contribution in [1.82, 2.24) is 19.9 Å². The Kier molecular flexibility index (Phi) is 5.02. The third-order valence-electron chi connectivity index (χ3n) is 6.00. The fourth-order valence-corrected chi connectivity index (χ4v) is 4.41. The van der Waals surface area contributed by atoms with Gasteiger partial charge < -0.3 is 15.6 Å². The summed E-state index contributed by atoms with van der Waals surface area (Å²) in [5.74, 6) is 0.274. The third kappa shape index (κ3) is 3.84. The molecule has 4 aromatic rings. The lowest BCUT2D eigenvalue weighted by atomic mass is 10.0. The number of benzene rings is 1. The zero-order valence-electron chi connectivity index (χ0n) is 18.2. The summed E-state index contributed by atoms with van der Waals surface area (Å²) in [6.45, 7) is 3.16. The van der Waals surface area contributed by atoms with Gasteiger partial charge in [-0.1, -0.05) is 6.07 Å². The average molecular weight is 463 g/mol. The number of fused-ring (bicyclic) bond motifs is 1. The number of alkyl halides is 3. The molecule has 0 saturated carbocycles. The fraction of sp³-hybridized carbons (Fsp3) is 0.250. The van der Waals surface area contributed by atoms with Crippen LogP contribution in [0.2, 0.25) is 0 Å². The third-order valence-corrected chi connectivity index (χ3v) is 6.00. The molecule has 1 aromatic carbocycles. The predicted molar refractivity (Wildman–Crippen MR) is 122 cm³/mol. The highest BCUT2D eigenvalue weighted by Gasteiger charge is 2.35. The summed E-state index contributed by atoms with van der Waals surface area (Å²) >= 11 is 0. The molecule has 1 fully saturated rings. The molecule has 0 radical (unpaired) electrons. The Labute approximate surface area is 193 Å². The van der Waals surface area contributed by atoms with Crippen LogP contribution in [0.1, 0.15) is 24.6 Å². The molecule has 4 heterocycles. The van der Waals surface area contributed by atoms with Crippen molar-refractivity contribution in [3.8, 4) is 28.6 Å². The van der Waals surface area contributed by atoms with Crippen molar-refractivity contribution in [3.05, 3.63) is 60.2 Å². The summed E-state index contributed by atoms with van der Waals surface area (Å²) in [4.78, 5) is 17.8. The number of aromatic amines is 1. The molecule has 3 N–H and O–H groups in total. The average Bonchev–Trinajstić information content (AvgIpc) is 3.40. The summed E-state index contributed by atoms with van der Waals surface area (Å²) < 4.78 is 40.7. The van der Waals surface area contributed by atoms with Crippen LogP contribution >= 0.6 is 0 Å². The van der Waals surface area contributed by atoms with Gasteiger partial charge >= 0.3 is 6.18 Å². The molecule has 0 spiro atoms. The second-order valence-electron chi connectivity index (χ2n) is 8.73. The van der Waals surface area contributed by atoms with Crippen molar-refractivity contribution in [2.45, 2.75) is 25.1 Å². The first-order valence-electron chi connectivity index (χ1n) is 10.6. The van der Waals surface area contributed by atoms with Crippen LogP contribution in [0, 0.1) is 11.3 Å². The standard InChI is InChI=1S/C24H20F3N7/c1-23(29)6-8-34(13-23)21-16(14-5-7-31-15(9-14)10-28)11-30-12-17(21)22-32-19-4-2-3-18(20(19)33-22)24(25,26)27/h2-5,7,9,11-12H,6,8,13,29H2,1H3,(H,32,33)/t23-/m0/s1. The monoisotopic (exact) mass is 463 g/mol. The van der Waals surface area contributed by atoms with Crippen molar-refractivity contribution in [3.63, 3.8) is 0 Å². The number of anilines is 1. The van der Waals surface area contributed by atoms with E-state index in [0.717, 1.165) is 18.2 Å². The van der Waals surface area contributed by atoms with Crippen LogP contribution in [-0.4, -0.2) is 38.6 Å². The lowest BCUT2D eigenvalue weighted by Crippen LogP contribution is -2.39. The van der Waals surface area contributed by atoms with Gasteiger partial charge in [0.2, 0.25) is 0 Å². The highest BCUT2D eigenvalue weighted by molar-refractivity contribution is 5.91. The van der Waals surface area contributed by atoms with Crippen molar-refractivity contribution >= 4 is 16.7 Å². The van der Waals surface area contributed by atoms with E-state index in [1.54, 1.807) is 24.5 Å². The van der Waals surface area contributed by atoms with Crippen LogP contribution in [0.15, 0.2) is 48.9 Å². The van der Waals surface area contributed by atoms with Gasteiger partial charge in [0.25, 0.3) is 0 Å². The van der Waals surface area contributed by atoms with E-state index in [-0.39, 0.29) is 22.6 Å². The Balaban J connectivity index is 1.74. The zero-order chi connectivity index (χ0) is 24.1. The quantitative estimate of drug-likeness (QED) is 0.463. The van der Waals surface area contributed by atoms with Crippen molar-refractivity contribution in [1.29, 1.82) is 5.26 Å². The molecule has 5 rings (SSSR count). The molecule has 0 unspecified atom stereocenters. The molecule has 1 atom stereocenters. The normalized spacial score (nSPS) is 18.4. The number of nitrogens with one attached hydrogen (secondary N) is 1. The van der Waals surface area contributed by atoms with Gasteiger partial charge in [0.1, 0.15) is 17.6 Å². The highest BCUT2D eigenvalue weighted by Crippen LogP contribution is 2.42. The van der Waals surface area contributed by atoms with E-state index in [4.69, 9.17) is 5.73 Å². The lowest BCUT2D eigenvalue weighted by molar-refractivity contribution is -0.136. The van der Waals surface area contributed by atoms with E-state index in [0.29, 0.717) is 29.8 Å². The van der Waals surface area contributed by atoms with Crippen molar-refractivity contribution in [2.75, 3.05) is 18.0 Å². The smallest absolute Gasteiger partial charge is 0.368 e. The number of imidazole rings is 1. The van der Waals surface area contributed by atoms with E-state index in [2.05, 4.69) is 24.8 Å². The number of pyridine rings is 2. The number of aromatic nitrogens is 4. The Morgan fingerprint density at radius 2 is 2.00 bits per heavy atom. The van der Waals surface area contributed by atoms with Crippen LogP contribution in [0.5, 0.6) is 0 Å². The maximum Gasteiger partial charge on any atom is 0.418 e. The van der Waals surface area contributed by atoms with Gasteiger partial charge in [0.05, 0.1) is 27.8 Å². The molecule has 0 aliphatic carbocycles. The van der Waals surface area contributed by atoms with Crippen molar-refractivity contribution in [2.24, 2.45) is 5.73 Å². The second-order valence-corrected chi connectivity index (χ2v) is 8.73.